The van der Waals surface area contributed by atoms with Gasteiger partial charge in [-0.05, 0) is 67.3 Å². The number of likely N-dealkylation sites (N-methyl/N-ethyl adjacent to an activating group) is 1. The van der Waals surface area contributed by atoms with E-state index in [1.165, 1.54) is 24.1 Å². The Balaban J connectivity index is 1.83. The van der Waals surface area contributed by atoms with Crippen molar-refractivity contribution in [2.75, 3.05) is 17.9 Å². The van der Waals surface area contributed by atoms with Crippen molar-refractivity contribution >= 4 is 39.1 Å². The summed E-state index contributed by atoms with van der Waals surface area (Å²) in [7, 11) is -2.65. The van der Waals surface area contributed by atoms with Gasteiger partial charge in [-0.25, -0.2) is 8.42 Å². The average molecular weight is 618 g/mol. The molecule has 0 radical (unpaired) electrons. The summed E-state index contributed by atoms with van der Waals surface area (Å²) in [5, 5.41) is 3.13. The smallest absolute Gasteiger partial charge is 0.264 e. The van der Waals surface area contributed by atoms with E-state index in [0.29, 0.717) is 16.3 Å². The van der Waals surface area contributed by atoms with Gasteiger partial charge in [-0.1, -0.05) is 90.0 Å². The molecule has 0 aliphatic heterocycles. The van der Waals surface area contributed by atoms with Crippen molar-refractivity contribution in [2.45, 2.75) is 44.7 Å². The van der Waals surface area contributed by atoms with Crippen LogP contribution in [0.25, 0.3) is 0 Å². The van der Waals surface area contributed by atoms with Gasteiger partial charge in [0.2, 0.25) is 11.8 Å². The number of hydrogen-bond donors (Lipinski definition) is 1. The first-order valence-corrected chi connectivity index (χ1v) is 15.8. The number of carbonyl (C=O) groups is 2. The highest BCUT2D eigenvalue weighted by Crippen LogP contribution is 2.30. The van der Waals surface area contributed by atoms with Crippen molar-refractivity contribution in [3.63, 3.8) is 0 Å². The highest BCUT2D eigenvalue weighted by molar-refractivity contribution is 7.92. The highest BCUT2D eigenvalue weighted by Gasteiger charge is 2.35. The molecule has 4 aromatic rings. The molecule has 9 heteroatoms. The maximum Gasteiger partial charge on any atom is 0.264 e. The van der Waals surface area contributed by atoms with E-state index in [2.05, 4.69) is 5.32 Å². The molecule has 1 atom stereocenters. The van der Waals surface area contributed by atoms with Crippen LogP contribution in [0, 0.1) is 20.8 Å². The Bertz CT molecular complexity index is 1690. The van der Waals surface area contributed by atoms with E-state index in [-0.39, 0.29) is 23.8 Å². The number of sulfonamides is 1. The zero-order valence-electron chi connectivity index (χ0n) is 24.7. The van der Waals surface area contributed by atoms with Gasteiger partial charge in [-0.15, -0.1) is 0 Å². The van der Waals surface area contributed by atoms with Crippen molar-refractivity contribution in [1.29, 1.82) is 0 Å². The fourth-order valence-corrected chi connectivity index (χ4v) is 6.55. The normalized spacial score (nSPS) is 11.9. The Hall–Kier alpha value is -4.14. The molecule has 2 amide bonds. The van der Waals surface area contributed by atoms with E-state index >= 15 is 0 Å². The summed E-state index contributed by atoms with van der Waals surface area (Å²) in [6.45, 7) is 5.09. The summed E-state index contributed by atoms with van der Waals surface area (Å²) in [5.41, 5.74) is 4.41. The minimum Gasteiger partial charge on any atom is -0.357 e. The highest BCUT2D eigenvalue weighted by atomic mass is 35.5. The summed E-state index contributed by atoms with van der Waals surface area (Å²) in [6, 6.07) is 27.4. The molecule has 0 aromatic heterocycles. The summed E-state index contributed by atoms with van der Waals surface area (Å²) in [6.07, 6.45) is 0.227. The molecule has 0 aliphatic rings. The predicted octanol–water partition coefficient (Wildman–Crippen LogP) is 5.85. The SMILES string of the molecule is CNC(=O)C(Cc1ccccc1)N(Cc1ccccc1Cl)C(=O)CN(c1cccc(C)c1C)S(=O)(=O)c1ccc(C)cc1. The quantitative estimate of drug-likeness (QED) is 0.229. The Morgan fingerprint density at radius 1 is 0.837 bits per heavy atom. The van der Waals surface area contributed by atoms with Crippen LogP contribution in [-0.2, 0) is 32.6 Å². The number of halogens is 1. The number of nitrogens with zero attached hydrogens (tertiary/aromatic N) is 2. The molecule has 0 saturated carbocycles. The summed E-state index contributed by atoms with van der Waals surface area (Å²) in [4.78, 5) is 29.3. The van der Waals surface area contributed by atoms with Gasteiger partial charge >= 0.3 is 0 Å². The van der Waals surface area contributed by atoms with Crippen molar-refractivity contribution in [3.05, 3.63) is 130 Å². The van der Waals surface area contributed by atoms with Crippen LogP contribution in [0.4, 0.5) is 5.69 Å². The van der Waals surface area contributed by atoms with E-state index in [4.69, 9.17) is 11.6 Å². The first-order valence-electron chi connectivity index (χ1n) is 14.0. The lowest BCUT2D eigenvalue weighted by Gasteiger charge is -2.34. The van der Waals surface area contributed by atoms with Gasteiger partial charge in [0.05, 0.1) is 10.6 Å². The summed E-state index contributed by atoms with van der Waals surface area (Å²) >= 11 is 6.51. The van der Waals surface area contributed by atoms with Gasteiger partial charge in [0, 0.05) is 25.0 Å². The Labute approximate surface area is 259 Å². The number of benzene rings is 4. The van der Waals surface area contributed by atoms with Crippen LogP contribution < -0.4 is 9.62 Å². The van der Waals surface area contributed by atoms with Crippen molar-refractivity contribution in [2.24, 2.45) is 0 Å². The molecule has 0 heterocycles. The third-order valence-electron chi connectivity index (χ3n) is 7.55. The maximum atomic E-state index is 14.4. The largest absolute Gasteiger partial charge is 0.357 e. The van der Waals surface area contributed by atoms with Crippen LogP contribution in [0.3, 0.4) is 0 Å². The van der Waals surface area contributed by atoms with Crippen LogP contribution in [0.1, 0.15) is 27.8 Å². The zero-order chi connectivity index (χ0) is 31.1. The van der Waals surface area contributed by atoms with E-state index in [1.54, 1.807) is 48.5 Å². The summed E-state index contributed by atoms with van der Waals surface area (Å²) < 4.78 is 29.5. The van der Waals surface area contributed by atoms with Crippen LogP contribution in [0.15, 0.2) is 102 Å². The van der Waals surface area contributed by atoms with E-state index in [1.807, 2.05) is 57.2 Å². The predicted molar refractivity (Wildman–Crippen MR) is 172 cm³/mol. The standard InChI is InChI=1S/C34H36ClN3O4S/c1-24-17-19-29(20-18-24)43(41,42)38(31-16-10-11-25(2)26(31)3)23-33(39)37(22-28-14-8-9-15-30(28)35)32(34(40)36-4)21-27-12-6-5-7-13-27/h5-20,32H,21-23H2,1-4H3,(H,36,40). The second-order valence-electron chi connectivity index (χ2n) is 10.5. The number of anilines is 1. The van der Waals surface area contributed by atoms with Crippen LogP contribution in [0.2, 0.25) is 5.02 Å². The molecule has 0 spiro atoms. The number of hydrogen-bond acceptors (Lipinski definition) is 4. The van der Waals surface area contributed by atoms with Crippen molar-refractivity contribution in [3.8, 4) is 0 Å². The van der Waals surface area contributed by atoms with E-state index in [0.717, 1.165) is 26.6 Å². The second-order valence-corrected chi connectivity index (χ2v) is 12.7. The fourth-order valence-electron chi connectivity index (χ4n) is 4.89. The minimum absolute atomic E-state index is 0.00858. The minimum atomic E-state index is -4.17. The van der Waals surface area contributed by atoms with Gasteiger partial charge in [0.25, 0.3) is 10.0 Å². The Morgan fingerprint density at radius 2 is 1.49 bits per heavy atom. The number of nitrogens with one attached hydrogen (secondary N) is 1. The Morgan fingerprint density at radius 3 is 2.14 bits per heavy atom. The van der Waals surface area contributed by atoms with Crippen LogP contribution in [-0.4, -0.2) is 44.8 Å². The molecule has 0 saturated heterocycles. The molecule has 4 rings (SSSR count). The monoisotopic (exact) mass is 617 g/mol. The van der Waals surface area contributed by atoms with Gasteiger partial charge in [-0.2, -0.15) is 0 Å². The molecule has 224 valence electrons. The molecule has 0 fully saturated rings. The van der Waals surface area contributed by atoms with E-state index in [9.17, 15) is 18.0 Å². The lowest BCUT2D eigenvalue weighted by atomic mass is 10.0. The second kappa shape index (κ2) is 13.9. The molecule has 1 unspecified atom stereocenters. The lowest BCUT2D eigenvalue weighted by Crippen LogP contribution is -2.53. The van der Waals surface area contributed by atoms with Crippen molar-refractivity contribution < 1.29 is 18.0 Å². The fraction of sp³-hybridized carbons (Fsp3) is 0.235. The molecule has 1 N–H and O–H groups in total. The first-order chi connectivity index (χ1) is 20.5. The molecular weight excluding hydrogens is 582 g/mol. The van der Waals surface area contributed by atoms with Gasteiger partial charge in [0.1, 0.15) is 12.6 Å². The van der Waals surface area contributed by atoms with Gasteiger partial charge in [-0.3, -0.25) is 13.9 Å². The van der Waals surface area contributed by atoms with Crippen LogP contribution in [0.5, 0.6) is 0 Å². The average Bonchev–Trinajstić information content (AvgIpc) is 3.00. The van der Waals surface area contributed by atoms with Crippen molar-refractivity contribution in [1.82, 2.24) is 10.2 Å². The molecule has 0 bridgehead atoms. The maximum absolute atomic E-state index is 14.4. The number of amides is 2. The lowest BCUT2D eigenvalue weighted by molar-refractivity contribution is -0.139. The zero-order valence-corrected chi connectivity index (χ0v) is 26.3. The molecule has 7 nitrogen and oxygen atoms in total. The Kier molecular flexibility index (Phi) is 10.3. The number of rotatable bonds is 11. The summed E-state index contributed by atoms with van der Waals surface area (Å²) in [5.74, 6) is -0.912. The van der Waals surface area contributed by atoms with E-state index < -0.39 is 28.5 Å². The number of aryl methyl sites for hydroxylation is 2. The molecular formula is C34H36ClN3O4S. The van der Waals surface area contributed by atoms with Gasteiger partial charge < -0.3 is 10.2 Å². The number of carbonyl (C=O) groups excluding carboxylic acids is 2. The van der Waals surface area contributed by atoms with Gasteiger partial charge in [0.15, 0.2) is 0 Å². The third-order valence-corrected chi connectivity index (χ3v) is 9.69. The molecule has 4 aromatic carbocycles. The molecule has 43 heavy (non-hydrogen) atoms. The van der Waals surface area contributed by atoms with Crippen LogP contribution >= 0.6 is 11.6 Å². The first kappa shape index (κ1) is 31.8. The third kappa shape index (κ3) is 7.45. The molecule has 0 aliphatic carbocycles. The topological polar surface area (TPSA) is 86.8 Å².